The number of amides is 2. The molecular weight excluding hydrogens is 385 g/mol. The highest BCUT2D eigenvalue weighted by atomic mass is 19.1. The standard InChI is InChI=1S/C23H28FN3O3/c1-23(2,3)30-22(29)26-19-6-4-5-17(13-19)21(28)25-14-16-11-12-27(15-16)20-9-7-18(24)8-10-20/h4-10,13,16H,11-12,14-15H2,1-3H3,(H,25,28)(H,26,29). The van der Waals surface area contributed by atoms with E-state index in [-0.39, 0.29) is 11.7 Å². The normalized spacial score (nSPS) is 16.3. The molecule has 0 bridgehead atoms. The number of carbonyl (C=O) groups excluding carboxylic acids is 2. The molecule has 7 heteroatoms. The highest BCUT2D eigenvalue weighted by Gasteiger charge is 2.23. The second kappa shape index (κ2) is 9.15. The number of carbonyl (C=O) groups is 2. The third-order valence-electron chi connectivity index (χ3n) is 4.80. The Morgan fingerprint density at radius 3 is 2.60 bits per heavy atom. The van der Waals surface area contributed by atoms with Crippen molar-refractivity contribution in [2.75, 3.05) is 29.9 Å². The molecule has 160 valence electrons. The predicted molar refractivity (Wildman–Crippen MR) is 115 cm³/mol. The van der Waals surface area contributed by atoms with Gasteiger partial charge in [-0.05, 0) is 75.6 Å². The van der Waals surface area contributed by atoms with Gasteiger partial charge in [0.05, 0.1) is 0 Å². The monoisotopic (exact) mass is 413 g/mol. The largest absolute Gasteiger partial charge is 0.444 e. The molecule has 0 radical (unpaired) electrons. The fourth-order valence-corrected chi connectivity index (χ4v) is 3.38. The van der Waals surface area contributed by atoms with Crippen LogP contribution in [0.3, 0.4) is 0 Å². The van der Waals surface area contributed by atoms with Crippen molar-refractivity contribution in [3.8, 4) is 0 Å². The number of benzene rings is 2. The minimum Gasteiger partial charge on any atom is -0.444 e. The number of hydrogen-bond donors (Lipinski definition) is 2. The summed E-state index contributed by atoms with van der Waals surface area (Å²) < 4.78 is 18.3. The number of nitrogens with zero attached hydrogens (tertiary/aromatic N) is 1. The average Bonchev–Trinajstić information content (AvgIpc) is 3.14. The molecule has 2 aromatic rings. The predicted octanol–water partition coefficient (Wildman–Crippen LogP) is 4.43. The van der Waals surface area contributed by atoms with Gasteiger partial charge in [0.2, 0.25) is 0 Å². The van der Waals surface area contributed by atoms with E-state index in [1.54, 1.807) is 57.2 Å². The second-order valence-electron chi connectivity index (χ2n) is 8.49. The Morgan fingerprint density at radius 2 is 1.90 bits per heavy atom. The molecule has 3 rings (SSSR count). The van der Waals surface area contributed by atoms with Crippen molar-refractivity contribution >= 4 is 23.4 Å². The average molecular weight is 413 g/mol. The summed E-state index contributed by atoms with van der Waals surface area (Å²) in [5.74, 6) is -0.115. The van der Waals surface area contributed by atoms with E-state index in [4.69, 9.17) is 4.74 Å². The van der Waals surface area contributed by atoms with Gasteiger partial charge in [0.25, 0.3) is 5.91 Å². The molecule has 1 aliphatic rings. The van der Waals surface area contributed by atoms with Gasteiger partial charge in [-0.3, -0.25) is 10.1 Å². The summed E-state index contributed by atoms with van der Waals surface area (Å²) in [6.45, 7) is 7.61. The van der Waals surface area contributed by atoms with Crippen molar-refractivity contribution < 1.29 is 18.7 Å². The van der Waals surface area contributed by atoms with Crippen LogP contribution in [0, 0.1) is 11.7 Å². The molecule has 30 heavy (non-hydrogen) atoms. The minimum absolute atomic E-state index is 0.192. The summed E-state index contributed by atoms with van der Waals surface area (Å²) in [5.41, 5.74) is 1.37. The maximum atomic E-state index is 13.1. The molecule has 2 amide bonds. The molecule has 6 nitrogen and oxygen atoms in total. The summed E-state index contributed by atoms with van der Waals surface area (Å²) in [7, 11) is 0. The van der Waals surface area contributed by atoms with E-state index in [1.165, 1.54) is 12.1 Å². The van der Waals surface area contributed by atoms with Crippen LogP contribution < -0.4 is 15.5 Å². The van der Waals surface area contributed by atoms with Gasteiger partial charge in [-0.2, -0.15) is 0 Å². The van der Waals surface area contributed by atoms with Crippen LogP contribution in [0.15, 0.2) is 48.5 Å². The summed E-state index contributed by atoms with van der Waals surface area (Å²) in [6.07, 6.45) is 0.393. The Balaban J connectivity index is 1.50. The second-order valence-corrected chi connectivity index (χ2v) is 8.49. The van der Waals surface area contributed by atoms with Gasteiger partial charge in [-0.15, -0.1) is 0 Å². The Hall–Kier alpha value is -3.09. The van der Waals surface area contributed by atoms with Crippen molar-refractivity contribution in [2.24, 2.45) is 5.92 Å². The van der Waals surface area contributed by atoms with Gasteiger partial charge in [0.1, 0.15) is 11.4 Å². The van der Waals surface area contributed by atoms with Gasteiger partial charge in [0, 0.05) is 36.6 Å². The van der Waals surface area contributed by atoms with Crippen LogP contribution in [0.5, 0.6) is 0 Å². The van der Waals surface area contributed by atoms with Crippen molar-refractivity contribution in [2.45, 2.75) is 32.8 Å². The molecule has 0 aromatic heterocycles. The van der Waals surface area contributed by atoms with Gasteiger partial charge in [0.15, 0.2) is 0 Å². The molecule has 2 aromatic carbocycles. The number of nitrogens with one attached hydrogen (secondary N) is 2. The molecule has 1 saturated heterocycles. The van der Waals surface area contributed by atoms with Crippen molar-refractivity contribution in [1.29, 1.82) is 0 Å². The summed E-state index contributed by atoms with van der Waals surface area (Å²) >= 11 is 0. The fraction of sp³-hybridized carbons (Fsp3) is 0.391. The van der Waals surface area contributed by atoms with Crippen LogP contribution in [0.4, 0.5) is 20.6 Å². The van der Waals surface area contributed by atoms with Crippen LogP contribution in [-0.4, -0.2) is 37.2 Å². The van der Waals surface area contributed by atoms with Crippen LogP contribution >= 0.6 is 0 Å². The highest BCUT2D eigenvalue weighted by Crippen LogP contribution is 2.23. The van der Waals surface area contributed by atoms with E-state index in [2.05, 4.69) is 15.5 Å². The summed E-state index contributed by atoms with van der Waals surface area (Å²) in [6, 6.07) is 13.2. The van der Waals surface area contributed by atoms with Gasteiger partial charge >= 0.3 is 6.09 Å². The van der Waals surface area contributed by atoms with Gasteiger partial charge in [-0.25, -0.2) is 9.18 Å². The Kier molecular flexibility index (Phi) is 6.59. The molecule has 1 aliphatic heterocycles. The molecule has 0 spiro atoms. The lowest BCUT2D eigenvalue weighted by molar-refractivity contribution is 0.0635. The number of hydrogen-bond acceptors (Lipinski definition) is 4. The first-order valence-electron chi connectivity index (χ1n) is 10.1. The van der Waals surface area contributed by atoms with E-state index >= 15 is 0 Å². The van der Waals surface area contributed by atoms with E-state index in [0.29, 0.717) is 23.7 Å². The molecule has 1 heterocycles. The Labute approximate surface area is 176 Å². The zero-order valence-electron chi connectivity index (χ0n) is 17.6. The van der Waals surface area contributed by atoms with Gasteiger partial charge in [-0.1, -0.05) is 6.07 Å². The summed E-state index contributed by atoms with van der Waals surface area (Å²) in [4.78, 5) is 26.7. The molecule has 2 N–H and O–H groups in total. The molecule has 0 saturated carbocycles. The smallest absolute Gasteiger partial charge is 0.412 e. The molecule has 1 unspecified atom stereocenters. The maximum Gasteiger partial charge on any atom is 0.412 e. The SMILES string of the molecule is CC(C)(C)OC(=O)Nc1cccc(C(=O)NCC2CCN(c3ccc(F)cc3)C2)c1. The lowest BCUT2D eigenvalue weighted by Gasteiger charge is -2.20. The van der Waals surface area contributed by atoms with Crippen molar-refractivity contribution in [3.05, 3.63) is 59.9 Å². The molecule has 1 fully saturated rings. The van der Waals surface area contributed by atoms with Crippen molar-refractivity contribution in [3.63, 3.8) is 0 Å². The summed E-state index contributed by atoms with van der Waals surface area (Å²) in [5, 5.41) is 5.62. The van der Waals surface area contributed by atoms with Crippen LogP contribution in [0.1, 0.15) is 37.6 Å². The number of rotatable bonds is 5. The third-order valence-corrected chi connectivity index (χ3v) is 4.80. The first kappa shape index (κ1) is 21.6. The van der Waals surface area contributed by atoms with Crippen molar-refractivity contribution in [1.82, 2.24) is 5.32 Å². The van der Waals surface area contributed by atoms with Crippen LogP contribution in [-0.2, 0) is 4.74 Å². The maximum absolute atomic E-state index is 13.1. The fourth-order valence-electron chi connectivity index (χ4n) is 3.38. The van der Waals surface area contributed by atoms with E-state index < -0.39 is 11.7 Å². The number of anilines is 2. The molecule has 0 aliphatic carbocycles. The Bertz CT molecular complexity index is 893. The first-order valence-corrected chi connectivity index (χ1v) is 10.1. The number of halogens is 1. The molecule has 1 atom stereocenters. The van der Waals surface area contributed by atoms with Crippen LogP contribution in [0.25, 0.3) is 0 Å². The quantitative estimate of drug-likeness (QED) is 0.761. The zero-order valence-corrected chi connectivity index (χ0v) is 17.6. The van der Waals surface area contributed by atoms with E-state index in [0.717, 1.165) is 25.2 Å². The third kappa shape index (κ3) is 6.20. The highest BCUT2D eigenvalue weighted by molar-refractivity contribution is 5.96. The number of ether oxygens (including phenoxy) is 1. The minimum atomic E-state index is -0.595. The van der Waals surface area contributed by atoms with Crippen LogP contribution in [0.2, 0.25) is 0 Å². The Morgan fingerprint density at radius 1 is 1.17 bits per heavy atom. The van der Waals surface area contributed by atoms with Gasteiger partial charge < -0.3 is 15.0 Å². The van der Waals surface area contributed by atoms with E-state index in [1.807, 2.05) is 0 Å². The lowest BCUT2D eigenvalue weighted by Crippen LogP contribution is -2.31. The topological polar surface area (TPSA) is 70.7 Å². The lowest BCUT2D eigenvalue weighted by atomic mass is 10.1. The first-order chi connectivity index (χ1) is 14.2. The molecular formula is C23H28FN3O3. The zero-order chi connectivity index (χ0) is 21.7. The van der Waals surface area contributed by atoms with E-state index in [9.17, 15) is 14.0 Å².